The number of fused-ring (bicyclic) bond motifs is 1. The molecule has 0 saturated carbocycles. The van der Waals surface area contributed by atoms with Crippen LogP contribution in [0.15, 0.2) is 30.5 Å². The van der Waals surface area contributed by atoms with E-state index in [2.05, 4.69) is 25.6 Å². The van der Waals surface area contributed by atoms with Crippen LogP contribution in [0.25, 0.3) is 21.7 Å². The normalized spacial score (nSPS) is 10.7. The summed E-state index contributed by atoms with van der Waals surface area (Å²) in [5.74, 6) is 0.414. The van der Waals surface area contributed by atoms with Crippen LogP contribution in [-0.2, 0) is 6.61 Å². The Morgan fingerprint density at radius 3 is 2.87 bits per heavy atom. The van der Waals surface area contributed by atoms with Gasteiger partial charge < -0.3 is 10.4 Å². The lowest BCUT2D eigenvalue weighted by atomic mass is 10.3. The summed E-state index contributed by atoms with van der Waals surface area (Å²) in [4.78, 5) is 26.5. The summed E-state index contributed by atoms with van der Waals surface area (Å²) >= 11 is 1.46. The molecule has 3 heterocycles. The molecule has 7 nitrogen and oxygen atoms in total. The fourth-order valence-corrected chi connectivity index (χ4v) is 2.83. The standard InChI is InChI=1S/C15H15N5O2S/c1-2-16-15(22)20-13-6-4-10-14(19-13)18-11(7-17-10)12-5-3-9(8-21)23-12/h3-7,21H,2,8H2,1H3,(H2,16,18,19,20,22). The summed E-state index contributed by atoms with van der Waals surface area (Å²) in [5, 5.41) is 14.4. The number of carbonyl (C=O) groups is 1. The van der Waals surface area contributed by atoms with Crippen LogP contribution in [0.2, 0.25) is 0 Å². The molecular weight excluding hydrogens is 314 g/mol. The van der Waals surface area contributed by atoms with Crippen LogP contribution in [0.1, 0.15) is 11.8 Å². The first-order valence-electron chi connectivity index (χ1n) is 7.08. The topological polar surface area (TPSA) is 100 Å². The fraction of sp³-hybridized carbons (Fsp3) is 0.200. The Hall–Kier alpha value is -2.58. The van der Waals surface area contributed by atoms with Crippen LogP contribution in [-0.4, -0.2) is 32.6 Å². The van der Waals surface area contributed by atoms with Crippen molar-refractivity contribution in [2.45, 2.75) is 13.5 Å². The van der Waals surface area contributed by atoms with Crippen LogP contribution in [0.5, 0.6) is 0 Å². The number of rotatable bonds is 4. The molecule has 3 aromatic heterocycles. The maximum absolute atomic E-state index is 11.6. The Bertz CT molecular complexity index is 849. The first-order valence-corrected chi connectivity index (χ1v) is 7.90. The van der Waals surface area contributed by atoms with Crippen LogP contribution in [0, 0.1) is 0 Å². The molecule has 0 atom stereocenters. The molecule has 3 N–H and O–H groups in total. The summed E-state index contributed by atoms with van der Waals surface area (Å²) in [5.41, 5.74) is 1.79. The number of nitrogens with one attached hydrogen (secondary N) is 2. The molecule has 0 bridgehead atoms. The highest BCUT2D eigenvalue weighted by atomic mass is 32.1. The van der Waals surface area contributed by atoms with Crippen LogP contribution in [0.4, 0.5) is 10.6 Å². The third-order valence-electron chi connectivity index (χ3n) is 3.06. The summed E-state index contributed by atoms with van der Waals surface area (Å²) < 4.78 is 0. The quantitative estimate of drug-likeness (QED) is 0.682. The third-order valence-corrected chi connectivity index (χ3v) is 4.15. The van der Waals surface area contributed by atoms with Gasteiger partial charge in [0.1, 0.15) is 17.0 Å². The number of urea groups is 1. The molecule has 0 aromatic carbocycles. The van der Waals surface area contributed by atoms with Gasteiger partial charge in [-0.15, -0.1) is 11.3 Å². The van der Waals surface area contributed by atoms with Crippen molar-refractivity contribution in [2.75, 3.05) is 11.9 Å². The van der Waals surface area contributed by atoms with E-state index in [4.69, 9.17) is 5.11 Å². The first kappa shape index (κ1) is 15.3. The molecule has 2 amide bonds. The molecule has 8 heteroatoms. The van der Waals surface area contributed by atoms with Crippen molar-refractivity contribution < 1.29 is 9.90 Å². The van der Waals surface area contributed by atoms with E-state index in [1.807, 2.05) is 19.1 Å². The summed E-state index contributed by atoms with van der Waals surface area (Å²) in [7, 11) is 0. The number of amides is 2. The number of aromatic nitrogens is 3. The van der Waals surface area contributed by atoms with Crippen molar-refractivity contribution in [3.8, 4) is 10.6 Å². The molecule has 0 saturated heterocycles. The van der Waals surface area contributed by atoms with Gasteiger partial charge in [0.2, 0.25) is 0 Å². The van der Waals surface area contributed by atoms with Crippen molar-refractivity contribution in [1.29, 1.82) is 0 Å². The number of thiophene rings is 1. The van der Waals surface area contributed by atoms with Crippen LogP contribution in [0.3, 0.4) is 0 Å². The average molecular weight is 329 g/mol. The number of carbonyl (C=O) groups excluding carboxylic acids is 1. The van der Waals surface area contributed by atoms with Crippen molar-refractivity contribution in [2.24, 2.45) is 0 Å². The minimum atomic E-state index is -0.311. The Labute approximate surface area is 136 Å². The number of aliphatic hydroxyl groups is 1. The van der Waals surface area contributed by atoms with E-state index < -0.39 is 0 Å². The van der Waals surface area contributed by atoms with Crippen LogP contribution < -0.4 is 10.6 Å². The molecule has 3 rings (SSSR count). The number of hydrogen-bond acceptors (Lipinski definition) is 6. The molecule has 118 valence electrons. The highest BCUT2D eigenvalue weighted by molar-refractivity contribution is 7.15. The molecule has 23 heavy (non-hydrogen) atoms. The minimum Gasteiger partial charge on any atom is -0.391 e. The second kappa shape index (κ2) is 6.67. The van der Waals surface area contributed by atoms with Crippen molar-refractivity contribution in [3.05, 3.63) is 35.3 Å². The predicted molar refractivity (Wildman–Crippen MR) is 89.3 cm³/mol. The monoisotopic (exact) mass is 329 g/mol. The zero-order chi connectivity index (χ0) is 16.2. The zero-order valence-electron chi connectivity index (χ0n) is 12.4. The van der Waals surface area contributed by atoms with Gasteiger partial charge >= 0.3 is 6.03 Å². The van der Waals surface area contributed by atoms with Crippen molar-refractivity contribution in [3.63, 3.8) is 0 Å². The van der Waals surface area contributed by atoms with Crippen molar-refractivity contribution in [1.82, 2.24) is 20.3 Å². The maximum atomic E-state index is 11.6. The number of nitrogens with zero attached hydrogens (tertiary/aromatic N) is 3. The predicted octanol–water partition coefficient (Wildman–Crippen LogP) is 2.39. The molecule has 0 unspecified atom stereocenters. The second-order valence-corrected chi connectivity index (χ2v) is 5.87. The van der Waals surface area contributed by atoms with Crippen LogP contribution >= 0.6 is 11.3 Å². The van der Waals surface area contributed by atoms with E-state index in [-0.39, 0.29) is 12.6 Å². The van der Waals surface area contributed by atoms with Crippen molar-refractivity contribution >= 4 is 34.3 Å². The van der Waals surface area contributed by atoms with Gasteiger partial charge in [-0.05, 0) is 31.2 Å². The molecule has 0 aliphatic rings. The lowest BCUT2D eigenvalue weighted by molar-refractivity contribution is 0.252. The molecule has 0 aliphatic carbocycles. The minimum absolute atomic E-state index is 0.00450. The smallest absolute Gasteiger partial charge is 0.320 e. The molecule has 0 fully saturated rings. The Balaban J connectivity index is 1.92. The molecule has 0 spiro atoms. The van der Waals surface area contributed by atoms with Gasteiger partial charge in [-0.2, -0.15) is 0 Å². The number of pyridine rings is 1. The van der Waals surface area contributed by atoms with E-state index >= 15 is 0 Å². The van der Waals surface area contributed by atoms with Gasteiger partial charge in [0.05, 0.1) is 17.7 Å². The fourth-order valence-electron chi connectivity index (χ4n) is 2.01. The average Bonchev–Trinajstić information content (AvgIpc) is 3.03. The lowest BCUT2D eigenvalue weighted by Gasteiger charge is -2.06. The highest BCUT2D eigenvalue weighted by Gasteiger charge is 2.08. The Morgan fingerprint density at radius 1 is 1.26 bits per heavy atom. The second-order valence-electron chi connectivity index (χ2n) is 4.70. The van der Waals surface area contributed by atoms with Gasteiger partial charge in [0.25, 0.3) is 0 Å². The molecule has 3 aromatic rings. The number of anilines is 1. The highest BCUT2D eigenvalue weighted by Crippen LogP contribution is 2.27. The summed E-state index contributed by atoms with van der Waals surface area (Å²) in [6, 6.07) is 6.87. The Kier molecular flexibility index (Phi) is 4.45. The van der Waals surface area contributed by atoms with E-state index in [0.717, 1.165) is 9.75 Å². The molecule has 0 aliphatic heterocycles. The first-order chi connectivity index (χ1) is 11.2. The summed E-state index contributed by atoms with van der Waals surface area (Å²) in [6.45, 7) is 2.38. The molecular formula is C15H15N5O2S. The van der Waals surface area contributed by atoms with Gasteiger partial charge in [-0.3, -0.25) is 10.3 Å². The van der Waals surface area contributed by atoms with E-state index in [1.165, 1.54) is 11.3 Å². The Morgan fingerprint density at radius 2 is 2.13 bits per heavy atom. The number of hydrogen-bond donors (Lipinski definition) is 3. The van der Waals surface area contributed by atoms with Gasteiger partial charge in [-0.25, -0.2) is 14.8 Å². The largest absolute Gasteiger partial charge is 0.391 e. The zero-order valence-corrected chi connectivity index (χ0v) is 13.2. The number of aliphatic hydroxyl groups excluding tert-OH is 1. The van der Waals surface area contributed by atoms with Gasteiger partial charge in [-0.1, -0.05) is 0 Å². The lowest BCUT2D eigenvalue weighted by Crippen LogP contribution is -2.28. The van der Waals surface area contributed by atoms with E-state index in [9.17, 15) is 4.79 Å². The summed E-state index contributed by atoms with van der Waals surface area (Å²) in [6.07, 6.45) is 1.67. The SMILES string of the molecule is CCNC(=O)Nc1ccc2ncc(-c3ccc(CO)s3)nc2n1. The van der Waals surface area contributed by atoms with Gasteiger partial charge in [0.15, 0.2) is 5.65 Å². The van der Waals surface area contributed by atoms with Gasteiger partial charge in [0, 0.05) is 11.4 Å². The maximum Gasteiger partial charge on any atom is 0.320 e. The molecule has 0 radical (unpaired) electrons. The van der Waals surface area contributed by atoms with E-state index in [1.54, 1.807) is 18.3 Å². The third kappa shape index (κ3) is 3.43. The van der Waals surface area contributed by atoms with E-state index in [0.29, 0.717) is 29.2 Å².